The highest BCUT2D eigenvalue weighted by Crippen LogP contribution is 2.36. The molecule has 0 aromatic rings. The molecule has 2 heteroatoms. The molecule has 0 aromatic heterocycles. The maximum atomic E-state index is 6.72. The van der Waals surface area contributed by atoms with Crippen molar-refractivity contribution in [2.24, 2.45) is 5.92 Å². The van der Waals surface area contributed by atoms with Crippen LogP contribution >= 0.6 is 0 Å². The van der Waals surface area contributed by atoms with E-state index in [0.29, 0.717) is 6.10 Å². The number of rotatable bonds is 6. The van der Waals surface area contributed by atoms with Gasteiger partial charge in [0.2, 0.25) is 0 Å². The van der Waals surface area contributed by atoms with Gasteiger partial charge in [0.1, 0.15) is 0 Å². The summed E-state index contributed by atoms with van der Waals surface area (Å²) in [6.07, 6.45) is 13.8. The highest BCUT2D eigenvalue weighted by Gasteiger charge is 2.37. The minimum Gasteiger partial charge on any atom is -0.370 e. The summed E-state index contributed by atoms with van der Waals surface area (Å²) in [7, 11) is 0. The zero-order valence-corrected chi connectivity index (χ0v) is 13.0. The van der Waals surface area contributed by atoms with E-state index in [9.17, 15) is 0 Å². The summed E-state index contributed by atoms with van der Waals surface area (Å²) >= 11 is 0. The summed E-state index contributed by atoms with van der Waals surface area (Å²) in [5.41, 5.74) is 0.156. The van der Waals surface area contributed by atoms with Crippen molar-refractivity contribution in [3.8, 4) is 0 Å². The lowest BCUT2D eigenvalue weighted by Gasteiger charge is -2.43. The van der Waals surface area contributed by atoms with Gasteiger partial charge in [0.15, 0.2) is 0 Å². The largest absolute Gasteiger partial charge is 0.370 e. The molecule has 2 atom stereocenters. The van der Waals surface area contributed by atoms with Crippen LogP contribution in [0.15, 0.2) is 0 Å². The van der Waals surface area contributed by atoms with Gasteiger partial charge in [-0.3, -0.25) is 0 Å². The average Bonchev–Trinajstić information content (AvgIpc) is 2.43. The van der Waals surface area contributed by atoms with Crippen LogP contribution in [0, 0.1) is 5.92 Å². The molecule has 2 rings (SSSR count). The van der Waals surface area contributed by atoms with Crippen LogP contribution in [-0.2, 0) is 4.74 Å². The SMILES string of the molecule is CCCNCC1(OC2CCCCC2C)CCCCC1. The Morgan fingerprint density at radius 3 is 2.47 bits per heavy atom. The monoisotopic (exact) mass is 267 g/mol. The highest BCUT2D eigenvalue weighted by atomic mass is 16.5. The van der Waals surface area contributed by atoms with E-state index in [2.05, 4.69) is 19.2 Å². The van der Waals surface area contributed by atoms with Gasteiger partial charge in [-0.25, -0.2) is 0 Å². The van der Waals surface area contributed by atoms with Gasteiger partial charge in [0, 0.05) is 6.54 Å². The number of hydrogen-bond acceptors (Lipinski definition) is 2. The van der Waals surface area contributed by atoms with Gasteiger partial charge in [0.05, 0.1) is 11.7 Å². The Hall–Kier alpha value is -0.0800. The maximum Gasteiger partial charge on any atom is 0.0810 e. The molecule has 0 radical (unpaired) electrons. The van der Waals surface area contributed by atoms with Crippen molar-refractivity contribution in [3.63, 3.8) is 0 Å². The third kappa shape index (κ3) is 4.46. The zero-order valence-electron chi connectivity index (χ0n) is 13.0. The summed E-state index contributed by atoms with van der Waals surface area (Å²) in [6, 6.07) is 0. The Labute approximate surface area is 119 Å². The van der Waals surface area contributed by atoms with Crippen LogP contribution in [0.25, 0.3) is 0 Å². The Morgan fingerprint density at radius 2 is 1.79 bits per heavy atom. The molecule has 0 heterocycles. The highest BCUT2D eigenvalue weighted by molar-refractivity contribution is 4.89. The summed E-state index contributed by atoms with van der Waals surface area (Å²) in [4.78, 5) is 0. The molecule has 19 heavy (non-hydrogen) atoms. The third-order valence-electron chi connectivity index (χ3n) is 5.07. The first kappa shape index (κ1) is 15.3. The number of nitrogens with one attached hydrogen (secondary N) is 1. The molecule has 2 nitrogen and oxygen atoms in total. The lowest BCUT2D eigenvalue weighted by Crippen LogP contribution is -2.48. The van der Waals surface area contributed by atoms with E-state index in [-0.39, 0.29) is 5.60 Å². The van der Waals surface area contributed by atoms with E-state index in [0.717, 1.165) is 19.0 Å². The molecule has 2 unspecified atom stereocenters. The van der Waals surface area contributed by atoms with Crippen LogP contribution in [0.4, 0.5) is 0 Å². The molecule has 0 aromatic carbocycles. The molecule has 2 saturated carbocycles. The minimum atomic E-state index is 0.156. The van der Waals surface area contributed by atoms with Crippen LogP contribution in [0.5, 0.6) is 0 Å². The van der Waals surface area contributed by atoms with Gasteiger partial charge in [-0.1, -0.05) is 46.0 Å². The molecular weight excluding hydrogens is 234 g/mol. The van der Waals surface area contributed by atoms with Crippen LogP contribution in [-0.4, -0.2) is 24.8 Å². The first-order chi connectivity index (χ1) is 9.26. The lowest BCUT2D eigenvalue weighted by atomic mass is 9.82. The minimum absolute atomic E-state index is 0.156. The van der Waals surface area contributed by atoms with E-state index >= 15 is 0 Å². The fraction of sp³-hybridized carbons (Fsp3) is 1.00. The van der Waals surface area contributed by atoms with E-state index in [1.54, 1.807) is 0 Å². The lowest BCUT2D eigenvalue weighted by molar-refractivity contribution is -0.137. The Bertz CT molecular complexity index is 248. The molecule has 1 N–H and O–H groups in total. The van der Waals surface area contributed by atoms with Gasteiger partial charge >= 0.3 is 0 Å². The third-order valence-corrected chi connectivity index (χ3v) is 5.07. The molecule has 0 aliphatic heterocycles. The molecule has 0 saturated heterocycles. The van der Waals surface area contributed by atoms with Crippen LogP contribution < -0.4 is 5.32 Å². The summed E-state index contributed by atoms with van der Waals surface area (Å²) in [5.74, 6) is 0.763. The van der Waals surface area contributed by atoms with Crippen LogP contribution in [0.3, 0.4) is 0 Å². The maximum absolute atomic E-state index is 6.72. The van der Waals surface area contributed by atoms with Crippen LogP contribution in [0.1, 0.15) is 78.1 Å². The fourth-order valence-electron chi connectivity index (χ4n) is 3.80. The first-order valence-corrected chi connectivity index (χ1v) is 8.64. The smallest absolute Gasteiger partial charge is 0.0810 e. The van der Waals surface area contributed by atoms with Crippen molar-refractivity contribution in [2.75, 3.05) is 13.1 Å². The molecular formula is C17H33NO. The summed E-state index contributed by atoms with van der Waals surface area (Å²) in [5, 5.41) is 3.63. The van der Waals surface area contributed by atoms with Gasteiger partial charge < -0.3 is 10.1 Å². The standard InChI is InChI=1S/C17H33NO/c1-3-13-18-14-17(11-7-4-8-12-17)19-16-10-6-5-9-15(16)2/h15-16,18H,3-14H2,1-2H3. The predicted molar refractivity (Wildman–Crippen MR) is 81.5 cm³/mol. The second-order valence-electron chi connectivity index (χ2n) is 6.84. The predicted octanol–water partition coefficient (Wildman–Crippen LogP) is 4.28. The number of ether oxygens (including phenoxy) is 1. The fourth-order valence-corrected chi connectivity index (χ4v) is 3.80. The topological polar surface area (TPSA) is 21.3 Å². The molecule has 112 valence electrons. The Balaban J connectivity index is 1.91. The molecule has 2 fully saturated rings. The average molecular weight is 267 g/mol. The van der Waals surface area contributed by atoms with Gasteiger partial charge in [-0.2, -0.15) is 0 Å². The Kier molecular flexibility index (Phi) is 6.15. The second-order valence-corrected chi connectivity index (χ2v) is 6.84. The first-order valence-electron chi connectivity index (χ1n) is 8.64. The zero-order chi connectivity index (χ0) is 13.6. The van der Waals surface area contributed by atoms with E-state index in [1.165, 1.54) is 64.2 Å². The van der Waals surface area contributed by atoms with E-state index < -0.39 is 0 Å². The molecule has 0 spiro atoms. The summed E-state index contributed by atoms with van der Waals surface area (Å²) < 4.78 is 6.72. The quantitative estimate of drug-likeness (QED) is 0.725. The molecule has 2 aliphatic rings. The van der Waals surface area contributed by atoms with Crippen molar-refractivity contribution in [3.05, 3.63) is 0 Å². The van der Waals surface area contributed by atoms with Crippen molar-refractivity contribution in [1.29, 1.82) is 0 Å². The van der Waals surface area contributed by atoms with Gasteiger partial charge in [0.25, 0.3) is 0 Å². The van der Waals surface area contributed by atoms with Gasteiger partial charge in [-0.05, 0) is 44.6 Å². The van der Waals surface area contributed by atoms with E-state index in [1.807, 2.05) is 0 Å². The van der Waals surface area contributed by atoms with Crippen molar-refractivity contribution < 1.29 is 4.74 Å². The molecule has 2 aliphatic carbocycles. The van der Waals surface area contributed by atoms with Crippen molar-refractivity contribution in [1.82, 2.24) is 5.32 Å². The molecule has 0 bridgehead atoms. The normalized spacial score (nSPS) is 31.3. The van der Waals surface area contributed by atoms with Crippen molar-refractivity contribution in [2.45, 2.75) is 89.8 Å². The molecule has 0 amide bonds. The second kappa shape index (κ2) is 7.64. The Morgan fingerprint density at radius 1 is 1.05 bits per heavy atom. The van der Waals surface area contributed by atoms with E-state index in [4.69, 9.17) is 4.74 Å². The summed E-state index contributed by atoms with van der Waals surface area (Å²) in [6.45, 7) is 6.83. The van der Waals surface area contributed by atoms with Crippen LogP contribution in [0.2, 0.25) is 0 Å². The van der Waals surface area contributed by atoms with Crippen molar-refractivity contribution >= 4 is 0 Å². The van der Waals surface area contributed by atoms with Gasteiger partial charge in [-0.15, -0.1) is 0 Å². The number of hydrogen-bond donors (Lipinski definition) is 1.